The van der Waals surface area contributed by atoms with Crippen LogP contribution in [0.5, 0.6) is 0 Å². The van der Waals surface area contributed by atoms with Crippen molar-refractivity contribution in [3.63, 3.8) is 0 Å². The Hall–Kier alpha value is -1.85. The molecule has 0 spiro atoms. The van der Waals surface area contributed by atoms with Crippen molar-refractivity contribution in [2.24, 2.45) is 0 Å². The van der Waals surface area contributed by atoms with Crippen LogP contribution in [-0.2, 0) is 40.7 Å². The molecule has 0 saturated heterocycles. The van der Waals surface area contributed by atoms with Gasteiger partial charge in [0.15, 0.2) is 0 Å². The van der Waals surface area contributed by atoms with Crippen LogP contribution in [0.4, 0.5) is 0 Å². The summed E-state index contributed by atoms with van der Waals surface area (Å²) in [6, 6.07) is 0. The van der Waals surface area contributed by atoms with Gasteiger partial charge in [0.2, 0.25) is 0 Å². The molecule has 0 N–H and O–H groups in total. The van der Waals surface area contributed by atoms with Crippen molar-refractivity contribution in [2.45, 2.75) is 40.0 Å². The molecule has 6 nitrogen and oxygen atoms in total. The topological polar surface area (TPSA) is 78.9 Å². The van der Waals surface area contributed by atoms with E-state index in [1.165, 1.54) is 37.0 Å². The zero-order chi connectivity index (χ0) is 16.8. The van der Waals surface area contributed by atoms with Gasteiger partial charge in [-0.1, -0.05) is 0 Å². The Morgan fingerprint density at radius 1 is 0.682 bits per heavy atom. The molecule has 0 bridgehead atoms. The molecule has 7 heteroatoms. The second-order valence-electron chi connectivity index (χ2n) is 3.79. The van der Waals surface area contributed by atoms with Gasteiger partial charge >= 0.3 is 135 Å². The molecular formula is C15H21FeO6. The summed E-state index contributed by atoms with van der Waals surface area (Å²) in [4.78, 5) is 33.4. The van der Waals surface area contributed by atoms with Crippen LogP contribution in [-0.4, -0.2) is 17.3 Å². The fourth-order valence-electron chi connectivity index (χ4n) is 0.830. The summed E-state index contributed by atoms with van der Waals surface area (Å²) < 4.78 is 15.5. The number of ketones is 3. The summed E-state index contributed by atoms with van der Waals surface area (Å²) in [7, 11) is 0. The van der Waals surface area contributed by atoms with Crippen molar-refractivity contribution in [3.05, 3.63) is 37.0 Å². The third kappa shape index (κ3) is 10.9. The van der Waals surface area contributed by atoms with E-state index in [1.807, 2.05) is 0 Å². The van der Waals surface area contributed by atoms with E-state index in [1.54, 1.807) is 20.8 Å². The molecule has 0 fully saturated rings. The molecule has 0 saturated carbocycles. The number of allylic oxidation sites excluding steroid dienone is 3. The van der Waals surface area contributed by atoms with Crippen LogP contribution in [0.15, 0.2) is 37.0 Å². The van der Waals surface area contributed by atoms with Gasteiger partial charge in [-0.2, -0.15) is 0 Å². The molecular weight excluding hydrogens is 332 g/mol. The molecule has 125 valence electrons. The van der Waals surface area contributed by atoms with E-state index in [-0.39, 0.29) is 17.3 Å². The molecule has 0 aromatic carbocycles. The first kappa shape index (κ1) is 20.1. The van der Waals surface area contributed by atoms with Crippen LogP contribution >= 0.6 is 0 Å². The Balaban J connectivity index is 4.54. The zero-order valence-corrected chi connectivity index (χ0v) is 14.0. The standard InChI is InChI=1S/3C5H8O2.Fe/c3*1-2-5(7)3-4-6;/h3*3-4,6H,2H2,1H3;/q;;;+3/p-3/b3*4-3-;. The molecule has 22 heavy (non-hydrogen) atoms. The van der Waals surface area contributed by atoms with Crippen LogP contribution in [0.1, 0.15) is 40.0 Å². The molecule has 0 amide bonds. The number of carbonyl (C=O) groups is 3. The second kappa shape index (κ2) is 12.9. The average Bonchev–Trinajstić information content (AvgIpc) is 2.53. The Bertz CT molecular complexity index is 386. The van der Waals surface area contributed by atoms with Gasteiger partial charge < -0.3 is 0 Å². The summed E-state index contributed by atoms with van der Waals surface area (Å²) in [5.41, 5.74) is 0. The van der Waals surface area contributed by atoms with E-state index in [0.717, 1.165) is 0 Å². The van der Waals surface area contributed by atoms with E-state index in [4.69, 9.17) is 11.5 Å². The summed E-state index contributed by atoms with van der Waals surface area (Å²) in [6.07, 6.45) is 8.38. The molecule has 0 unspecified atom stereocenters. The average molecular weight is 353 g/mol. The first-order valence-electron chi connectivity index (χ1n) is 6.80. The van der Waals surface area contributed by atoms with E-state index >= 15 is 0 Å². The van der Waals surface area contributed by atoms with Gasteiger partial charge in [0, 0.05) is 0 Å². The van der Waals surface area contributed by atoms with Crippen LogP contribution in [0.3, 0.4) is 0 Å². The predicted molar refractivity (Wildman–Crippen MR) is 76.6 cm³/mol. The molecule has 0 radical (unpaired) electrons. The van der Waals surface area contributed by atoms with E-state index in [2.05, 4.69) is 0 Å². The van der Waals surface area contributed by atoms with Gasteiger partial charge in [-0.25, -0.2) is 0 Å². The second-order valence-corrected chi connectivity index (χ2v) is 5.13. The molecule has 0 aliphatic carbocycles. The van der Waals surface area contributed by atoms with Gasteiger partial charge in [0.1, 0.15) is 0 Å². The van der Waals surface area contributed by atoms with Crippen molar-refractivity contribution in [2.75, 3.05) is 0 Å². The molecule has 0 rings (SSSR count). The summed E-state index contributed by atoms with van der Waals surface area (Å²) in [5.74, 6) is -0.315. The first-order chi connectivity index (χ1) is 10.5. The number of carbonyl (C=O) groups excluding carboxylic acids is 3. The van der Waals surface area contributed by atoms with Gasteiger partial charge in [-0.15, -0.1) is 0 Å². The Morgan fingerprint density at radius 3 is 1.18 bits per heavy atom. The molecule has 0 aromatic rings. The minimum atomic E-state index is -2.08. The maximum absolute atomic E-state index is 11.1. The van der Waals surface area contributed by atoms with Gasteiger partial charge in [-0.3, -0.25) is 0 Å². The molecule has 0 aliphatic rings. The summed E-state index contributed by atoms with van der Waals surface area (Å²) in [6.45, 7) is 5.17. The minimum absolute atomic E-state index is 0.105. The Kier molecular flexibility index (Phi) is 11.8. The Morgan fingerprint density at radius 2 is 0.955 bits per heavy atom. The van der Waals surface area contributed by atoms with Crippen molar-refractivity contribution < 1.29 is 40.7 Å². The van der Waals surface area contributed by atoms with E-state index in [9.17, 15) is 14.4 Å². The van der Waals surface area contributed by atoms with Crippen molar-refractivity contribution in [3.8, 4) is 0 Å². The first-order valence-corrected chi connectivity index (χ1v) is 8.15. The summed E-state index contributed by atoms with van der Waals surface area (Å²) >= 11 is -2.08. The molecule has 0 aromatic heterocycles. The zero-order valence-electron chi connectivity index (χ0n) is 12.9. The maximum atomic E-state index is 11.1. The van der Waals surface area contributed by atoms with Gasteiger partial charge in [0.05, 0.1) is 0 Å². The number of rotatable bonds is 12. The third-order valence-electron chi connectivity index (χ3n) is 2.16. The van der Waals surface area contributed by atoms with Crippen LogP contribution < -0.4 is 0 Å². The molecule has 0 aliphatic heterocycles. The molecule has 0 heterocycles. The van der Waals surface area contributed by atoms with Crippen LogP contribution in [0, 0.1) is 0 Å². The van der Waals surface area contributed by atoms with Crippen molar-refractivity contribution in [1.82, 2.24) is 0 Å². The van der Waals surface area contributed by atoms with Gasteiger partial charge in [0.25, 0.3) is 0 Å². The van der Waals surface area contributed by atoms with Gasteiger partial charge in [-0.05, 0) is 0 Å². The third-order valence-corrected chi connectivity index (χ3v) is 3.24. The Labute approximate surface area is 135 Å². The van der Waals surface area contributed by atoms with E-state index < -0.39 is 14.9 Å². The van der Waals surface area contributed by atoms with Crippen LogP contribution in [0.2, 0.25) is 0 Å². The van der Waals surface area contributed by atoms with Crippen LogP contribution in [0.25, 0.3) is 0 Å². The summed E-state index contributed by atoms with van der Waals surface area (Å²) in [5, 5.41) is 0. The van der Waals surface area contributed by atoms with E-state index in [0.29, 0.717) is 19.3 Å². The number of hydrogen-bond acceptors (Lipinski definition) is 6. The predicted octanol–water partition coefficient (Wildman–Crippen LogP) is 2.88. The fourth-order valence-corrected chi connectivity index (χ4v) is 1.61. The molecule has 0 atom stereocenters. The fraction of sp³-hybridized carbons (Fsp3) is 0.400. The quantitative estimate of drug-likeness (QED) is 0.305. The monoisotopic (exact) mass is 353 g/mol. The van der Waals surface area contributed by atoms with Crippen molar-refractivity contribution >= 4 is 17.3 Å². The van der Waals surface area contributed by atoms with Crippen molar-refractivity contribution in [1.29, 1.82) is 0 Å². The number of hydrogen-bond donors (Lipinski definition) is 0. The SMILES string of the molecule is CCC(=O)/C=C\[O][Fe]([O]/C=C\C(=O)CC)[O]/C=C\C(=O)CC. The normalized spacial score (nSPS) is 11.9.